The number of hydrogen-bond donors (Lipinski definition) is 0. The number of Topliss-reactive ketones (excluding diaryl/α,β-unsaturated/α-hetero) is 1. The van der Waals surface area contributed by atoms with E-state index in [2.05, 4.69) is 9.97 Å². The average molecular weight is 272 g/mol. The molecule has 1 fully saturated rings. The van der Waals surface area contributed by atoms with Crippen molar-refractivity contribution in [2.24, 2.45) is 5.92 Å². The molecule has 1 aliphatic rings. The van der Waals surface area contributed by atoms with Crippen molar-refractivity contribution in [2.45, 2.75) is 12.8 Å². The molecule has 2 heterocycles. The van der Waals surface area contributed by atoms with Crippen molar-refractivity contribution in [3.63, 3.8) is 0 Å². The highest BCUT2D eigenvalue weighted by Crippen LogP contribution is 2.37. The quantitative estimate of drug-likeness (QED) is 0.636. The lowest BCUT2D eigenvalue weighted by molar-refractivity contribution is 0.0969. The van der Waals surface area contributed by atoms with Gasteiger partial charge in [-0.25, -0.2) is 13.9 Å². The highest BCUT2D eigenvalue weighted by Gasteiger charge is 2.33. The van der Waals surface area contributed by atoms with E-state index in [-0.39, 0.29) is 29.2 Å². The molecule has 0 saturated heterocycles. The first-order chi connectivity index (χ1) is 8.22. The molecule has 7 heteroatoms. The molecule has 2 aromatic rings. The zero-order valence-corrected chi connectivity index (χ0v) is 10.1. The summed E-state index contributed by atoms with van der Waals surface area (Å²) < 4.78 is 13.9. The molecule has 0 N–H and O–H groups in total. The van der Waals surface area contributed by atoms with Gasteiger partial charge in [0.15, 0.2) is 23.8 Å². The van der Waals surface area contributed by atoms with E-state index >= 15 is 0 Å². The van der Waals surface area contributed by atoms with Crippen LogP contribution in [0, 0.1) is 5.92 Å². The van der Waals surface area contributed by atoms with Crippen LogP contribution in [-0.4, -0.2) is 19.7 Å². The maximum atomic E-state index is 12.7. The van der Waals surface area contributed by atoms with E-state index in [0.29, 0.717) is 16.6 Å². The van der Waals surface area contributed by atoms with E-state index in [1.54, 1.807) is 0 Å². The topological polar surface area (TPSA) is 47.8 Å². The van der Waals surface area contributed by atoms with Gasteiger partial charge in [-0.05, 0) is 12.8 Å². The van der Waals surface area contributed by atoms with E-state index in [4.69, 9.17) is 11.6 Å². The second-order valence-electron chi connectivity index (χ2n) is 3.94. The summed E-state index contributed by atoms with van der Waals surface area (Å²) in [5, 5.41) is 0.628. The number of nitrogens with zero attached hydrogens (tertiary/aromatic N) is 3. The van der Waals surface area contributed by atoms with Crippen LogP contribution < -0.4 is 0 Å². The zero-order valence-electron chi connectivity index (χ0n) is 8.56. The number of rotatable bonds is 3. The van der Waals surface area contributed by atoms with Crippen LogP contribution in [0.5, 0.6) is 0 Å². The fourth-order valence-electron chi connectivity index (χ4n) is 1.80. The van der Waals surface area contributed by atoms with Crippen molar-refractivity contribution >= 4 is 40.8 Å². The first-order valence-corrected chi connectivity index (χ1v) is 6.12. The van der Waals surface area contributed by atoms with Crippen LogP contribution in [0.15, 0.2) is 12.5 Å². The van der Waals surface area contributed by atoms with Crippen molar-refractivity contribution in [1.82, 2.24) is 13.9 Å². The van der Waals surface area contributed by atoms with Crippen molar-refractivity contribution in [1.29, 1.82) is 0 Å². The number of halogens is 2. The highest BCUT2D eigenvalue weighted by molar-refractivity contribution is 7.92. The Morgan fingerprint density at radius 2 is 2.29 bits per heavy atom. The largest absolute Gasteiger partial charge is 0.294 e. The van der Waals surface area contributed by atoms with Crippen LogP contribution in [0.2, 0.25) is 5.15 Å². The summed E-state index contributed by atoms with van der Waals surface area (Å²) in [7, 11) is 0. The smallest absolute Gasteiger partial charge is 0.171 e. The lowest BCUT2D eigenvalue weighted by Crippen LogP contribution is -2.00. The number of carbonyl (C=O) groups is 1. The molecular weight excluding hydrogens is 265 g/mol. The molecule has 0 radical (unpaired) electrons. The standard InChI is InChI=1S/C10H7ClFN3OS/c11-9-7-6(8(16)5-1-2-5)3-15(17-12)10(7)14-4-13-9/h3-5H,1-2H2. The van der Waals surface area contributed by atoms with E-state index in [1.165, 1.54) is 16.5 Å². The first kappa shape index (κ1) is 11.0. The Kier molecular flexibility index (Phi) is 2.56. The fraction of sp³-hybridized carbons (Fsp3) is 0.300. The third-order valence-electron chi connectivity index (χ3n) is 2.79. The van der Waals surface area contributed by atoms with Gasteiger partial charge in [-0.3, -0.25) is 4.79 Å². The van der Waals surface area contributed by atoms with E-state index < -0.39 is 0 Å². The maximum absolute atomic E-state index is 12.7. The van der Waals surface area contributed by atoms with Gasteiger partial charge in [0, 0.05) is 17.7 Å². The number of aromatic nitrogens is 3. The molecular formula is C10H7ClFN3OS. The lowest BCUT2D eigenvalue weighted by Gasteiger charge is -1.97. The zero-order chi connectivity index (χ0) is 12.0. The lowest BCUT2D eigenvalue weighted by atomic mass is 10.1. The summed E-state index contributed by atoms with van der Waals surface area (Å²) in [6.45, 7) is 0. The Hall–Kier alpha value is -1.14. The summed E-state index contributed by atoms with van der Waals surface area (Å²) in [6, 6.07) is 0. The van der Waals surface area contributed by atoms with Gasteiger partial charge in [0.25, 0.3) is 0 Å². The van der Waals surface area contributed by atoms with Crippen LogP contribution in [0.4, 0.5) is 3.89 Å². The molecule has 1 saturated carbocycles. The molecule has 3 rings (SSSR count). The second-order valence-corrected chi connectivity index (χ2v) is 4.83. The predicted molar refractivity (Wildman–Crippen MR) is 63.7 cm³/mol. The van der Waals surface area contributed by atoms with Gasteiger partial charge in [0.1, 0.15) is 11.5 Å². The molecule has 0 aliphatic heterocycles. The minimum atomic E-state index is -0.00712. The predicted octanol–water partition coefficient (Wildman–Crippen LogP) is 3.06. The fourth-order valence-corrected chi connectivity index (χ4v) is 2.38. The normalized spacial score (nSPS) is 15.4. The van der Waals surface area contributed by atoms with Gasteiger partial charge >= 0.3 is 0 Å². The summed E-state index contributed by atoms with van der Waals surface area (Å²) in [5.41, 5.74) is 0.750. The summed E-state index contributed by atoms with van der Waals surface area (Å²) in [6.07, 6.45) is 4.47. The minimum Gasteiger partial charge on any atom is -0.294 e. The molecule has 0 unspecified atom stereocenters. The number of ketones is 1. The SMILES string of the molecule is O=C(c1cn(SF)c2ncnc(Cl)c12)C1CC1. The molecule has 88 valence electrons. The Balaban J connectivity index is 2.26. The third-order valence-corrected chi connectivity index (χ3v) is 3.51. The maximum Gasteiger partial charge on any atom is 0.171 e. The number of carbonyl (C=O) groups excluding carboxylic acids is 1. The molecule has 0 spiro atoms. The van der Waals surface area contributed by atoms with Gasteiger partial charge in [-0.15, -0.1) is 3.89 Å². The Morgan fingerprint density at radius 3 is 2.94 bits per heavy atom. The van der Waals surface area contributed by atoms with Crippen LogP contribution >= 0.6 is 23.9 Å². The Morgan fingerprint density at radius 1 is 1.53 bits per heavy atom. The van der Waals surface area contributed by atoms with Gasteiger partial charge in [-0.2, -0.15) is 0 Å². The van der Waals surface area contributed by atoms with Crippen molar-refractivity contribution < 1.29 is 8.68 Å². The molecule has 4 nitrogen and oxygen atoms in total. The van der Waals surface area contributed by atoms with Gasteiger partial charge in [0.2, 0.25) is 0 Å². The summed E-state index contributed by atoms with van der Waals surface area (Å²) >= 11 is 5.95. The third kappa shape index (κ3) is 1.71. The molecule has 0 atom stereocenters. The molecule has 0 amide bonds. The number of hydrogen-bond acceptors (Lipinski definition) is 4. The molecule has 2 aromatic heterocycles. The van der Waals surface area contributed by atoms with Crippen LogP contribution in [0.25, 0.3) is 11.0 Å². The van der Waals surface area contributed by atoms with Gasteiger partial charge in [0.05, 0.1) is 5.39 Å². The number of fused-ring (bicyclic) bond motifs is 1. The van der Waals surface area contributed by atoms with Crippen LogP contribution in [0.1, 0.15) is 23.2 Å². The van der Waals surface area contributed by atoms with Gasteiger partial charge in [-0.1, -0.05) is 11.6 Å². The van der Waals surface area contributed by atoms with Gasteiger partial charge < -0.3 is 0 Å². The summed E-state index contributed by atoms with van der Waals surface area (Å²) in [4.78, 5) is 19.8. The van der Waals surface area contributed by atoms with Crippen molar-refractivity contribution in [3.05, 3.63) is 23.2 Å². The average Bonchev–Trinajstić information content (AvgIpc) is 3.10. The molecule has 1 aliphatic carbocycles. The first-order valence-electron chi connectivity index (χ1n) is 5.07. The minimum absolute atomic E-state index is 0.000463. The van der Waals surface area contributed by atoms with Crippen molar-refractivity contribution in [3.8, 4) is 0 Å². The second kappa shape index (κ2) is 3.96. The molecule has 17 heavy (non-hydrogen) atoms. The van der Waals surface area contributed by atoms with E-state index in [9.17, 15) is 8.68 Å². The summed E-state index contributed by atoms with van der Waals surface area (Å²) in [5.74, 6) is 0.0504. The highest BCUT2D eigenvalue weighted by atomic mass is 35.5. The van der Waals surface area contributed by atoms with Crippen LogP contribution in [0.3, 0.4) is 0 Å². The molecule has 0 aromatic carbocycles. The molecule has 0 bridgehead atoms. The Bertz CT molecular complexity index is 611. The van der Waals surface area contributed by atoms with Crippen molar-refractivity contribution in [2.75, 3.05) is 0 Å². The van der Waals surface area contributed by atoms with E-state index in [1.807, 2.05) is 0 Å². The van der Waals surface area contributed by atoms with Crippen LogP contribution in [-0.2, 0) is 0 Å². The monoisotopic (exact) mass is 271 g/mol. The Labute approximate surface area is 106 Å². The van der Waals surface area contributed by atoms with E-state index in [0.717, 1.165) is 12.8 Å².